The molecule has 2 aromatic rings. The van der Waals surface area contributed by atoms with Crippen molar-refractivity contribution in [2.24, 2.45) is 0 Å². The second-order valence-corrected chi connectivity index (χ2v) is 4.48. The minimum Gasteiger partial charge on any atom is -0.477 e. The number of aromatic nitrogens is 2. The molecule has 0 saturated carbocycles. The van der Waals surface area contributed by atoms with Crippen LogP contribution >= 0.6 is 0 Å². The van der Waals surface area contributed by atoms with E-state index in [2.05, 4.69) is 5.10 Å². The van der Waals surface area contributed by atoms with Gasteiger partial charge in [-0.05, 0) is 36.2 Å². The van der Waals surface area contributed by atoms with E-state index in [-0.39, 0.29) is 11.6 Å². The monoisotopic (exact) mass is 255 g/mol. The molecule has 0 bridgehead atoms. The molecular weight excluding hydrogens is 242 g/mol. The molecule has 0 spiro atoms. The molecule has 0 radical (unpaired) electrons. The molecule has 0 atom stereocenters. The Labute approximate surface area is 110 Å². The van der Waals surface area contributed by atoms with Crippen molar-refractivity contribution in [3.8, 4) is 11.8 Å². The van der Waals surface area contributed by atoms with Crippen LogP contribution in [0.4, 0.5) is 0 Å². The van der Waals surface area contributed by atoms with Crippen LogP contribution in [0.3, 0.4) is 0 Å². The second kappa shape index (κ2) is 4.94. The highest BCUT2D eigenvalue weighted by Crippen LogP contribution is 2.18. The van der Waals surface area contributed by atoms with Gasteiger partial charge in [0.1, 0.15) is 0 Å². The number of hydrogen-bond donors (Lipinski definition) is 1. The molecule has 1 aromatic carbocycles. The summed E-state index contributed by atoms with van der Waals surface area (Å²) in [7, 11) is 0. The van der Waals surface area contributed by atoms with Gasteiger partial charge in [-0.25, -0.2) is 9.48 Å². The zero-order valence-corrected chi connectivity index (χ0v) is 10.7. The van der Waals surface area contributed by atoms with E-state index in [0.29, 0.717) is 11.3 Å². The Morgan fingerprint density at radius 2 is 2.00 bits per heavy atom. The zero-order valence-electron chi connectivity index (χ0n) is 10.7. The van der Waals surface area contributed by atoms with Gasteiger partial charge in [0.2, 0.25) is 0 Å². The first-order chi connectivity index (χ1) is 9.02. The fraction of sp³-hybridized carbons (Fsp3) is 0.214. The van der Waals surface area contributed by atoms with Gasteiger partial charge >= 0.3 is 5.97 Å². The summed E-state index contributed by atoms with van der Waals surface area (Å²) < 4.78 is 1.39. The minimum absolute atomic E-state index is 0.119. The second-order valence-electron chi connectivity index (χ2n) is 4.48. The highest BCUT2D eigenvalue weighted by atomic mass is 16.4. The number of aromatic carboxylic acids is 1. The summed E-state index contributed by atoms with van der Waals surface area (Å²) in [5, 5.41) is 22.3. The van der Waals surface area contributed by atoms with Crippen LogP contribution in [0.2, 0.25) is 0 Å². The van der Waals surface area contributed by atoms with Crippen LogP contribution in [0.25, 0.3) is 5.69 Å². The Morgan fingerprint density at radius 1 is 1.37 bits per heavy atom. The molecule has 5 nitrogen and oxygen atoms in total. The van der Waals surface area contributed by atoms with Crippen LogP contribution in [0.5, 0.6) is 0 Å². The first kappa shape index (κ1) is 12.8. The third-order valence-corrected chi connectivity index (χ3v) is 2.78. The van der Waals surface area contributed by atoms with E-state index < -0.39 is 5.97 Å². The van der Waals surface area contributed by atoms with Gasteiger partial charge in [0, 0.05) is 0 Å². The summed E-state index contributed by atoms with van der Waals surface area (Å²) >= 11 is 0. The van der Waals surface area contributed by atoms with Gasteiger partial charge in [-0.15, -0.1) is 0 Å². The van der Waals surface area contributed by atoms with Crippen molar-refractivity contribution >= 4 is 5.97 Å². The zero-order chi connectivity index (χ0) is 14.0. The molecule has 0 aliphatic carbocycles. The Morgan fingerprint density at radius 3 is 2.47 bits per heavy atom. The van der Waals surface area contributed by atoms with E-state index >= 15 is 0 Å². The third kappa shape index (κ3) is 2.47. The van der Waals surface area contributed by atoms with Crippen LogP contribution in [-0.2, 0) is 0 Å². The summed E-state index contributed by atoms with van der Waals surface area (Å²) in [6.45, 7) is 3.91. The molecule has 0 aliphatic rings. The third-order valence-electron chi connectivity index (χ3n) is 2.78. The molecule has 0 unspecified atom stereocenters. The summed E-state index contributed by atoms with van der Waals surface area (Å²) in [6, 6.07) is 10.2. The number of carboxylic acid groups (broad SMARTS) is 1. The summed E-state index contributed by atoms with van der Waals surface area (Å²) in [5.74, 6) is -0.874. The van der Waals surface area contributed by atoms with Crippen molar-refractivity contribution in [3.05, 3.63) is 47.3 Å². The molecule has 1 heterocycles. The maximum atomic E-state index is 11.2. The molecule has 0 aliphatic heterocycles. The van der Waals surface area contributed by atoms with E-state index in [1.54, 1.807) is 30.3 Å². The molecular formula is C14H13N3O2. The van der Waals surface area contributed by atoms with Gasteiger partial charge in [0.15, 0.2) is 5.69 Å². The number of carboxylic acids is 1. The predicted octanol–water partition coefficient (Wildman–Crippen LogP) is 2.57. The van der Waals surface area contributed by atoms with Crippen molar-refractivity contribution in [2.45, 2.75) is 19.8 Å². The molecule has 0 fully saturated rings. The Balaban J connectivity index is 2.53. The van der Waals surface area contributed by atoms with Gasteiger partial charge in [0.25, 0.3) is 0 Å². The minimum atomic E-state index is -1.02. The molecule has 19 heavy (non-hydrogen) atoms. The average Bonchev–Trinajstić information content (AvgIpc) is 2.84. The Kier molecular flexibility index (Phi) is 3.34. The predicted molar refractivity (Wildman–Crippen MR) is 69.3 cm³/mol. The van der Waals surface area contributed by atoms with Gasteiger partial charge in [-0.3, -0.25) is 0 Å². The summed E-state index contributed by atoms with van der Waals surface area (Å²) in [6.07, 6.45) is 0. The van der Waals surface area contributed by atoms with Crippen molar-refractivity contribution in [2.75, 3.05) is 0 Å². The normalized spacial score (nSPS) is 10.4. The van der Waals surface area contributed by atoms with E-state index in [1.807, 2.05) is 19.9 Å². The van der Waals surface area contributed by atoms with Crippen molar-refractivity contribution < 1.29 is 9.90 Å². The molecule has 5 heteroatoms. The van der Waals surface area contributed by atoms with Gasteiger partial charge in [-0.1, -0.05) is 13.8 Å². The van der Waals surface area contributed by atoms with Gasteiger partial charge in [-0.2, -0.15) is 10.4 Å². The van der Waals surface area contributed by atoms with E-state index in [4.69, 9.17) is 5.26 Å². The highest BCUT2D eigenvalue weighted by Gasteiger charge is 2.17. The van der Waals surface area contributed by atoms with Crippen LogP contribution in [0.1, 0.15) is 41.5 Å². The standard InChI is InChI=1S/C14H13N3O2/c1-9(2)12-7-13(14(18)19)17(16-12)11-5-3-10(8-15)4-6-11/h3-7,9H,1-2H3,(H,18,19). The largest absolute Gasteiger partial charge is 0.477 e. The lowest BCUT2D eigenvalue weighted by atomic mass is 10.1. The van der Waals surface area contributed by atoms with Crippen LogP contribution in [-0.4, -0.2) is 20.9 Å². The maximum absolute atomic E-state index is 11.2. The van der Waals surface area contributed by atoms with Crippen molar-refractivity contribution in [1.29, 1.82) is 5.26 Å². The highest BCUT2D eigenvalue weighted by molar-refractivity contribution is 5.86. The fourth-order valence-corrected chi connectivity index (χ4v) is 1.71. The van der Waals surface area contributed by atoms with Crippen LogP contribution in [0.15, 0.2) is 30.3 Å². The van der Waals surface area contributed by atoms with Crippen molar-refractivity contribution in [3.63, 3.8) is 0 Å². The average molecular weight is 255 g/mol. The lowest BCUT2D eigenvalue weighted by Crippen LogP contribution is -2.07. The summed E-state index contributed by atoms with van der Waals surface area (Å²) in [4.78, 5) is 11.2. The lowest BCUT2D eigenvalue weighted by Gasteiger charge is -2.04. The Bertz CT molecular complexity index is 648. The van der Waals surface area contributed by atoms with Crippen LogP contribution in [0, 0.1) is 11.3 Å². The molecule has 0 saturated heterocycles. The SMILES string of the molecule is CC(C)c1cc(C(=O)O)n(-c2ccc(C#N)cc2)n1. The first-order valence-electron chi connectivity index (χ1n) is 5.86. The maximum Gasteiger partial charge on any atom is 0.354 e. The first-order valence-corrected chi connectivity index (χ1v) is 5.86. The lowest BCUT2D eigenvalue weighted by molar-refractivity contribution is 0.0687. The number of carbonyl (C=O) groups is 1. The van der Waals surface area contributed by atoms with Crippen LogP contribution < -0.4 is 0 Å². The summed E-state index contributed by atoms with van der Waals surface area (Å²) in [5.41, 5.74) is 2.00. The quantitative estimate of drug-likeness (QED) is 0.914. The van der Waals surface area contributed by atoms with Crippen molar-refractivity contribution in [1.82, 2.24) is 9.78 Å². The number of nitrogens with zero attached hydrogens (tertiary/aromatic N) is 3. The molecule has 96 valence electrons. The number of hydrogen-bond acceptors (Lipinski definition) is 3. The molecule has 2 rings (SSSR count). The molecule has 1 N–H and O–H groups in total. The topological polar surface area (TPSA) is 78.9 Å². The number of rotatable bonds is 3. The van der Waals surface area contributed by atoms with Gasteiger partial charge < -0.3 is 5.11 Å². The number of benzene rings is 1. The molecule has 0 amide bonds. The van der Waals surface area contributed by atoms with E-state index in [1.165, 1.54) is 4.68 Å². The van der Waals surface area contributed by atoms with E-state index in [9.17, 15) is 9.90 Å². The smallest absolute Gasteiger partial charge is 0.354 e. The van der Waals surface area contributed by atoms with Gasteiger partial charge in [0.05, 0.1) is 23.0 Å². The number of nitriles is 1. The van der Waals surface area contributed by atoms with E-state index in [0.717, 1.165) is 5.69 Å². The molecule has 1 aromatic heterocycles. The fourth-order valence-electron chi connectivity index (χ4n) is 1.71. The Hall–Kier alpha value is -2.61.